The van der Waals surface area contributed by atoms with Crippen LogP contribution in [0.2, 0.25) is 0 Å². The van der Waals surface area contributed by atoms with Crippen molar-refractivity contribution in [3.63, 3.8) is 0 Å². The molecule has 0 radical (unpaired) electrons. The molecule has 2 amide bonds. The predicted molar refractivity (Wildman–Crippen MR) is 81.5 cm³/mol. The molecular formula is C14H24N2O4S. The van der Waals surface area contributed by atoms with Gasteiger partial charge in [-0.2, -0.15) is 0 Å². The van der Waals surface area contributed by atoms with Gasteiger partial charge in [0, 0.05) is 39.0 Å². The Morgan fingerprint density at radius 1 is 1.38 bits per heavy atom. The van der Waals surface area contributed by atoms with Crippen LogP contribution in [-0.4, -0.2) is 67.2 Å². The van der Waals surface area contributed by atoms with E-state index in [1.807, 2.05) is 6.92 Å². The number of rotatable bonds is 7. The fourth-order valence-electron chi connectivity index (χ4n) is 2.57. The zero-order chi connectivity index (χ0) is 16.0. The monoisotopic (exact) mass is 316 g/mol. The van der Waals surface area contributed by atoms with E-state index in [1.165, 1.54) is 6.92 Å². The molecule has 21 heavy (non-hydrogen) atoms. The van der Waals surface area contributed by atoms with E-state index in [0.29, 0.717) is 26.1 Å². The molecular weight excluding hydrogens is 292 g/mol. The molecule has 1 aliphatic heterocycles. The molecule has 0 aliphatic carbocycles. The first-order chi connectivity index (χ1) is 9.80. The minimum Gasteiger partial charge on any atom is -0.339 e. The van der Waals surface area contributed by atoms with Gasteiger partial charge in [0.05, 0.1) is 11.5 Å². The minimum absolute atomic E-state index is 0.0513. The molecule has 0 N–H and O–H groups in total. The van der Waals surface area contributed by atoms with E-state index in [0.717, 1.165) is 0 Å². The van der Waals surface area contributed by atoms with Gasteiger partial charge in [0.2, 0.25) is 11.8 Å². The van der Waals surface area contributed by atoms with Crippen LogP contribution in [0.3, 0.4) is 0 Å². The van der Waals surface area contributed by atoms with Crippen molar-refractivity contribution in [3.8, 4) is 0 Å². The zero-order valence-electron chi connectivity index (χ0n) is 12.7. The Morgan fingerprint density at radius 2 is 2.05 bits per heavy atom. The van der Waals surface area contributed by atoms with Crippen LogP contribution in [0.4, 0.5) is 0 Å². The first-order valence-corrected chi connectivity index (χ1v) is 8.99. The minimum atomic E-state index is -3.01. The maximum absolute atomic E-state index is 12.3. The third-order valence-electron chi connectivity index (χ3n) is 3.70. The number of sulfone groups is 1. The maximum Gasteiger partial charge on any atom is 0.224 e. The molecule has 1 rings (SSSR count). The van der Waals surface area contributed by atoms with E-state index in [2.05, 4.69) is 6.58 Å². The Labute approximate surface area is 126 Å². The van der Waals surface area contributed by atoms with Gasteiger partial charge in [0.15, 0.2) is 9.84 Å². The lowest BCUT2D eigenvalue weighted by molar-refractivity contribution is -0.134. The second-order valence-electron chi connectivity index (χ2n) is 5.24. The summed E-state index contributed by atoms with van der Waals surface area (Å²) in [6.07, 6.45) is 2.33. The van der Waals surface area contributed by atoms with E-state index in [4.69, 9.17) is 0 Å². The van der Waals surface area contributed by atoms with Crippen molar-refractivity contribution in [2.75, 3.05) is 31.1 Å². The van der Waals surface area contributed by atoms with E-state index in [1.54, 1.807) is 15.9 Å². The topological polar surface area (TPSA) is 74.8 Å². The second kappa shape index (κ2) is 7.59. The summed E-state index contributed by atoms with van der Waals surface area (Å²) < 4.78 is 23.0. The number of hydrogen-bond donors (Lipinski definition) is 0. The highest BCUT2D eigenvalue weighted by molar-refractivity contribution is 7.91. The van der Waals surface area contributed by atoms with Gasteiger partial charge in [-0.05, 0) is 13.3 Å². The number of carbonyl (C=O) groups excluding carboxylic acids is 2. The van der Waals surface area contributed by atoms with Gasteiger partial charge in [0.1, 0.15) is 0 Å². The Bertz CT molecular complexity index is 501. The summed E-state index contributed by atoms with van der Waals surface area (Å²) in [5, 5.41) is 0. The first-order valence-electron chi connectivity index (χ1n) is 7.17. The summed E-state index contributed by atoms with van der Waals surface area (Å²) in [5.74, 6) is -0.00300. The molecule has 1 atom stereocenters. The van der Waals surface area contributed by atoms with Crippen LogP contribution in [0.5, 0.6) is 0 Å². The third-order valence-corrected chi connectivity index (χ3v) is 5.45. The summed E-state index contributed by atoms with van der Waals surface area (Å²) in [7, 11) is -3.01. The van der Waals surface area contributed by atoms with Crippen molar-refractivity contribution in [1.82, 2.24) is 9.80 Å². The summed E-state index contributed by atoms with van der Waals surface area (Å²) in [5.41, 5.74) is 0. The number of carbonyl (C=O) groups is 2. The van der Waals surface area contributed by atoms with Crippen LogP contribution in [0.25, 0.3) is 0 Å². The van der Waals surface area contributed by atoms with Crippen LogP contribution >= 0.6 is 0 Å². The predicted octanol–water partition coefficient (Wildman–Crippen LogP) is 0.447. The summed E-state index contributed by atoms with van der Waals surface area (Å²) in [6, 6.07) is -0.224. The largest absolute Gasteiger partial charge is 0.339 e. The molecule has 1 unspecified atom stereocenters. The van der Waals surface area contributed by atoms with Crippen molar-refractivity contribution in [2.24, 2.45) is 0 Å². The Balaban J connectivity index is 2.59. The smallest absolute Gasteiger partial charge is 0.224 e. The number of hydrogen-bond acceptors (Lipinski definition) is 4. The standard InChI is InChI=1S/C14H24N2O4S/c1-4-8-15(12(3)17)9-6-14(18)16(5-2)13-7-10-21(19,20)11-13/h4,13H,1,5-11H2,2-3H3. The van der Waals surface area contributed by atoms with E-state index in [-0.39, 0.29) is 35.8 Å². The normalized spacial score (nSPS) is 20.0. The van der Waals surface area contributed by atoms with E-state index >= 15 is 0 Å². The van der Waals surface area contributed by atoms with Gasteiger partial charge in [-0.15, -0.1) is 6.58 Å². The second-order valence-corrected chi connectivity index (χ2v) is 7.47. The molecule has 7 heteroatoms. The molecule has 1 saturated heterocycles. The van der Waals surface area contributed by atoms with Crippen molar-refractivity contribution >= 4 is 21.7 Å². The van der Waals surface area contributed by atoms with E-state index < -0.39 is 9.84 Å². The van der Waals surface area contributed by atoms with Crippen LogP contribution < -0.4 is 0 Å². The molecule has 0 saturated carbocycles. The van der Waals surface area contributed by atoms with Crippen LogP contribution in [0.15, 0.2) is 12.7 Å². The maximum atomic E-state index is 12.3. The first kappa shape index (κ1) is 17.7. The van der Waals surface area contributed by atoms with Crippen LogP contribution in [-0.2, 0) is 19.4 Å². The summed E-state index contributed by atoms with van der Waals surface area (Å²) in [4.78, 5) is 26.8. The average Bonchev–Trinajstić information content (AvgIpc) is 2.75. The Kier molecular flexibility index (Phi) is 6.39. The van der Waals surface area contributed by atoms with Crippen molar-refractivity contribution in [1.29, 1.82) is 0 Å². The van der Waals surface area contributed by atoms with Gasteiger partial charge in [-0.25, -0.2) is 8.42 Å². The molecule has 0 aromatic carbocycles. The fourth-order valence-corrected chi connectivity index (χ4v) is 4.30. The van der Waals surface area contributed by atoms with Gasteiger partial charge in [-0.3, -0.25) is 9.59 Å². The molecule has 1 aliphatic rings. The van der Waals surface area contributed by atoms with Crippen molar-refractivity contribution in [2.45, 2.75) is 32.7 Å². The highest BCUT2D eigenvalue weighted by Crippen LogP contribution is 2.18. The Hall–Kier alpha value is -1.37. The summed E-state index contributed by atoms with van der Waals surface area (Å²) in [6.45, 7) is 8.11. The van der Waals surface area contributed by atoms with Gasteiger partial charge in [-0.1, -0.05) is 6.08 Å². The summed E-state index contributed by atoms with van der Waals surface area (Å²) >= 11 is 0. The average molecular weight is 316 g/mol. The highest BCUT2D eigenvalue weighted by Gasteiger charge is 2.33. The SMILES string of the molecule is C=CCN(CCC(=O)N(CC)C1CCS(=O)(=O)C1)C(C)=O. The lowest BCUT2D eigenvalue weighted by Crippen LogP contribution is -2.42. The molecule has 1 fully saturated rings. The molecule has 1 heterocycles. The molecule has 0 aromatic heterocycles. The highest BCUT2D eigenvalue weighted by atomic mass is 32.2. The van der Waals surface area contributed by atoms with Gasteiger partial charge >= 0.3 is 0 Å². The van der Waals surface area contributed by atoms with Gasteiger partial charge < -0.3 is 9.80 Å². The lowest BCUT2D eigenvalue weighted by Gasteiger charge is -2.28. The van der Waals surface area contributed by atoms with Crippen LogP contribution in [0.1, 0.15) is 26.7 Å². The zero-order valence-corrected chi connectivity index (χ0v) is 13.6. The van der Waals surface area contributed by atoms with E-state index in [9.17, 15) is 18.0 Å². The molecule has 6 nitrogen and oxygen atoms in total. The number of amides is 2. The molecule has 0 aromatic rings. The molecule has 120 valence electrons. The van der Waals surface area contributed by atoms with Gasteiger partial charge in [0.25, 0.3) is 0 Å². The van der Waals surface area contributed by atoms with Crippen molar-refractivity contribution in [3.05, 3.63) is 12.7 Å². The Morgan fingerprint density at radius 3 is 2.48 bits per heavy atom. The quantitative estimate of drug-likeness (QED) is 0.639. The van der Waals surface area contributed by atoms with Crippen LogP contribution in [0, 0.1) is 0 Å². The molecule has 0 bridgehead atoms. The van der Waals surface area contributed by atoms with Crippen molar-refractivity contribution < 1.29 is 18.0 Å². The number of nitrogens with zero attached hydrogens (tertiary/aromatic N) is 2. The molecule has 0 spiro atoms. The third kappa shape index (κ3) is 5.15. The lowest BCUT2D eigenvalue weighted by atomic mass is 10.2. The fraction of sp³-hybridized carbons (Fsp3) is 0.714.